The van der Waals surface area contributed by atoms with Crippen LogP contribution in [0.4, 0.5) is 74.6 Å². The molecule has 0 aliphatic heterocycles. The van der Waals surface area contributed by atoms with Gasteiger partial charge < -0.3 is 14.2 Å². The van der Waals surface area contributed by atoms with Gasteiger partial charge in [0.15, 0.2) is 0 Å². The van der Waals surface area contributed by atoms with Crippen LogP contribution in [0.25, 0.3) is 0 Å². The summed E-state index contributed by atoms with van der Waals surface area (Å²) in [6, 6.07) is 0. The maximum absolute atomic E-state index is 14.8. The number of rotatable bonds is 14. The number of hydrogen-bond donors (Lipinski definition) is 0. The number of ether oxygens (including phenoxy) is 6. The fourth-order valence-electron chi connectivity index (χ4n) is 1.85. The molecule has 0 N–H and O–H groups in total. The van der Waals surface area contributed by atoms with E-state index in [0.29, 0.717) is 0 Å². The zero-order chi connectivity index (χ0) is 33.5. The molecule has 0 aromatic heterocycles. The molecular formula is C15H9F17O9. The molecule has 0 aromatic carbocycles. The summed E-state index contributed by atoms with van der Waals surface area (Å²) in [7, 11) is -0.600. The Morgan fingerprint density at radius 1 is 0.366 bits per heavy atom. The fourth-order valence-corrected chi connectivity index (χ4v) is 1.85. The number of carbonyl (C=O) groups excluding carboxylic acids is 3. The second-order valence-corrected chi connectivity index (χ2v) is 6.68. The number of carbonyl (C=O) groups is 3. The van der Waals surface area contributed by atoms with Gasteiger partial charge in [0.2, 0.25) is 0 Å². The van der Waals surface area contributed by atoms with E-state index in [1.807, 2.05) is 0 Å². The lowest BCUT2D eigenvalue weighted by molar-refractivity contribution is -0.574. The Morgan fingerprint density at radius 2 is 0.561 bits per heavy atom. The molecule has 0 saturated heterocycles. The maximum Gasteiger partial charge on any atom is 0.435 e. The lowest BCUT2D eigenvalue weighted by Gasteiger charge is -2.41. The Balaban J connectivity index is 7.35. The van der Waals surface area contributed by atoms with Crippen LogP contribution in [0.1, 0.15) is 0 Å². The quantitative estimate of drug-likeness (QED) is 0.155. The third-order valence-electron chi connectivity index (χ3n) is 3.95. The molecule has 0 amide bonds. The lowest BCUT2D eigenvalue weighted by Crippen LogP contribution is -2.70. The van der Waals surface area contributed by atoms with Crippen molar-refractivity contribution in [2.75, 3.05) is 21.3 Å². The average Bonchev–Trinajstić information content (AvgIpc) is 2.79. The summed E-state index contributed by atoms with van der Waals surface area (Å²) in [6.07, 6.45) is -39.0. The predicted molar refractivity (Wildman–Crippen MR) is 82.7 cm³/mol. The van der Waals surface area contributed by atoms with Gasteiger partial charge in [-0.15, -0.1) is 0 Å². The lowest BCUT2D eigenvalue weighted by atomic mass is 10.2. The highest BCUT2D eigenvalue weighted by atomic mass is 19.4. The number of alkyl halides is 17. The molecule has 0 aromatic rings. The van der Waals surface area contributed by atoms with E-state index in [1.165, 1.54) is 0 Å². The average molecular weight is 656 g/mol. The van der Waals surface area contributed by atoms with Gasteiger partial charge in [0, 0.05) is 0 Å². The molecule has 0 atom stereocenters. The van der Waals surface area contributed by atoms with Gasteiger partial charge in [-0.3, -0.25) is 4.74 Å². The van der Waals surface area contributed by atoms with E-state index in [2.05, 4.69) is 14.2 Å². The van der Waals surface area contributed by atoms with Crippen molar-refractivity contribution in [2.45, 2.75) is 54.2 Å². The van der Waals surface area contributed by atoms with Crippen LogP contribution in [0, 0.1) is 0 Å². The summed E-state index contributed by atoms with van der Waals surface area (Å²) < 4.78 is 248. The minimum atomic E-state index is -8.34. The molecule has 0 rings (SSSR count). The van der Waals surface area contributed by atoms with Crippen LogP contribution >= 0.6 is 0 Å². The molecule has 9 nitrogen and oxygen atoms in total. The third kappa shape index (κ3) is 6.46. The van der Waals surface area contributed by atoms with E-state index in [-0.39, 0.29) is 21.3 Å². The molecular weight excluding hydrogens is 647 g/mol. The summed E-state index contributed by atoms with van der Waals surface area (Å²) in [5, 5.41) is 0. The van der Waals surface area contributed by atoms with Gasteiger partial charge >= 0.3 is 72.1 Å². The monoisotopic (exact) mass is 656 g/mol. The van der Waals surface area contributed by atoms with E-state index in [4.69, 9.17) is 0 Å². The Morgan fingerprint density at radius 3 is 0.756 bits per heavy atom. The first-order valence-corrected chi connectivity index (χ1v) is 8.89. The van der Waals surface area contributed by atoms with E-state index in [9.17, 15) is 89.0 Å². The van der Waals surface area contributed by atoms with Gasteiger partial charge in [0.1, 0.15) is 0 Å². The van der Waals surface area contributed by atoms with Gasteiger partial charge in [-0.05, 0) is 0 Å². The standard InChI is InChI=1S/C15H9F17O9/c1-36-4(33)7(16,17)11(23,24)39-10(22,14(29,30)40-12(25,26)8(18,19)5(34)37-2)15(31,32)41-13(27,28)9(20,21)6(35)38-3/h1-3H3. The third-order valence-corrected chi connectivity index (χ3v) is 3.95. The molecule has 0 aliphatic rings. The van der Waals surface area contributed by atoms with Gasteiger partial charge in [-0.2, -0.15) is 74.6 Å². The number of methoxy groups -OCH3 is 3. The van der Waals surface area contributed by atoms with E-state index < -0.39 is 72.1 Å². The van der Waals surface area contributed by atoms with Crippen molar-refractivity contribution >= 4 is 17.9 Å². The summed E-state index contributed by atoms with van der Waals surface area (Å²) >= 11 is 0. The van der Waals surface area contributed by atoms with Crippen molar-refractivity contribution in [3.05, 3.63) is 0 Å². The fraction of sp³-hybridized carbons (Fsp3) is 0.800. The number of esters is 3. The molecule has 0 saturated carbocycles. The molecule has 26 heteroatoms. The summed E-state index contributed by atoms with van der Waals surface area (Å²) in [5.41, 5.74) is 0. The van der Waals surface area contributed by atoms with Crippen LogP contribution in [0.2, 0.25) is 0 Å². The van der Waals surface area contributed by atoms with Gasteiger partial charge in [0.05, 0.1) is 21.3 Å². The zero-order valence-corrected chi connectivity index (χ0v) is 19.1. The molecule has 0 spiro atoms. The Hall–Kier alpha value is -2.90. The first-order chi connectivity index (χ1) is 17.8. The summed E-state index contributed by atoms with van der Waals surface area (Å²) in [5.74, 6) is -40.1. The molecule has 0 fully saturated rings. The largest absolute Gasteiger partial charge is 0.464 e. The first-order valence-electron chi connectivity index (χ1n) is 8.89. The zero-order valence-electron chi connectivity index (χ0n) is 19.1. The van der Waals surface area contributed by atoms with Crippen molar-refractivity contribution in [1.82, 2.24) is 0 Å². The second kappa shape index (κ2) is 11.1. The van der Waals surface area contributed by atoms with Gasteiger partial charge in [-0.1, -0.05) is 0 Å². The molecule has 41 heavy (non-hydrogen) atoms. The van der Waals surface area contributed by atoms with Crippen molar-refractivity contribution in [3.8, 4) is 0 Å². The Labute approximate surface area is 212 Å². The highest BCUT2D eigenvalue weighted by molar-refractivity contribution is 5.79. The molecule has 242 valence electrons. The normalized spacial score (nSPS) is 14.9. The highest BCUT2D eigenvalue weighted by Crippen LogP contribution is 2.56. The molecule has 0 aliphatic carbocycles. The summed E-state index contributed by atoms with van der Waals surface area (Å²) in [6.45, 7) is 0. The second-order valence-electron chi connectivity index (χ2n) is 6.68. The number of halogens is 17. The Kier molecular flexibility index (Phi) is 10.3. The van der Waals surface area contributed by atoms with Crippen LogP contribution in [0.15, 0.2) is 0 Å². The summed E-state index contributed by atoms with van der Waals surface area (Å²) in [4.78, 5) is 32.2. The van der Waals surface area contributed by atoms with Gasteiger partial charge in [-0.25, -0.2) is 23.9 Å². The predicted octanol–water partition coefficient (Wildman–Crippen LogP) is 4.09. The van der Waals surface area contributed by atoms with Crippen molar-refractivity contribution in [2.24, 2.45) is 0 Å². The highest BCUT2D eigenvalue weighted by Gasteiger charge is 2.86. The Bertz CT molecular complexity index is 944. The molecule has 0 radical (unpaired) electrons. The smallest absolute Gasteiger partial charge is 0.435 e. The van der Waals surface area contributed by atoms with E-state index in [1.54, 1.807) is 14.2 Å². The molecule has 0 heterocycles. The van der Waals surface area contributed by atoms with Crippen LogP contribution < -0.4 is 0 Å². The van der Waals surface area contributed by atoms with Gasteiger partial charge in [0.25, 0.3) is 0 Å². The number of hydrogen-bond acceptors (Lipinski definition) is 9. The minimum Gasteiger partial charge on any atom is -0.464 e. The molecule has 0 unspecified atom stereocenters. The van der Waals surface area contributed by atoms with E-state index >= 15 is 0 Å². The van der Waals surface area contributed by atoms with Crippen LogP contribution in [0.5, 0.6) is 0 Å². The van der Waals surface area contributed by atoms with Crippen molar-refractivity contribution in [1.29, 1.82) is 0 Å². The van der Waals surface area contributed by atoms with Crippen LogP contribution in [-0.2, 0) is 42.8 Å². The van der Waals surface area contributed by atoms with Crippen molar-refractivity contribution < 1.29 is 117 Å². The SMILES string of the molecule is COC(=O)C(F)(F)C(F)(F)OC(F)(F)C(F)(OC(F)(F)C(F)(F)C(=O)OC)C(F)(F)OC(F)(F)C(F)(F)C(=O)OC. The molecule has 0 bridgehead atoms. The minimum absolute atomic E-state index is 0.186. The maximum atomic E-state index is 14.8. The van der Waals surface area contributed by atoms with E-state index in [0.717, 1.165) is 0 Å². The van der Waals surface area contributed by atoms with Crippen LogP contribution in [-0.4, -0.2) is 93.4 Å². The van der Waals surface area contributed by atoms with Crippen molar-refractivity contribution in [3.63, 3.8) is 0 Å². The van der Waals surface area contributed by atoms with Crippen LogP contribution in [0.3, 0.4) is 0 Å². The first kappa shape index (κ1) is 38.1. The topological polar surface area (TPSA) is 107 Å².